The van der Waals surface area contributed by atoms with E-state index in [0.29, 0.717) is 16.8 Å². The van der Waals surface area contributed by atoms with E-state index in [0.717, 1.165) is 4.90 Å². The zero-order valence-electron chi connectivity index (χ0n) is 8.13. The summed E-state index contributed by atoms with van der Waals surface area (Å²) in [4.78, 5) is 11.4. The number of halogens is 2. The lowest BCUT2D eigenvalue weighted by molar-refractivity contribution is -0.140. The Balaban J connectivity index is 2.38. The van der Waals surface area contributed by atoms with Gasteiger partial charge in [-0.15, -0.1) is 11.8 Å². The molecule has 0 radical (unpaired) electrons. The minimum absolute atomic E-state index is 0.278. The third-order valence-electron chi connectivity index (χ3n) is 1.55. The molecule has 0 aliphatic heterocycles. The summed E-state index contributed by atoms with van der Waals surface area (Å²) in [7, 11) is 0. The van der Waals surface area contributed by atoms with E-state index in [1.165, 1.54) is 24.8 Å². The van der Waals surface area contributed by atoms with E-state index in [1.54, 1.807) is 12.1 Å². The number of carbonyl (C=O) groups excluding carboxylic acids is 1. The summed E-state index contributed by atoms with van der Waals surface area (Å²) in [5.74, 6) is 0.104. The first-order chi connectivity index (χ1) is 7.09. The molecule has 0 saturated carbocycles. The number of ether oxygens (including phenoxy) is 1. The highest BCUT2D eigenvalue weighted by atomic mass is 79.9. The van der Waals surface area contributed by atoms with Crippen molar-refractivity contribution in [1.29, 1.82) is 0 Å². The van der Waals surface area contributed by atoms with Crippen LogP contribution in [-0.4, -0.2) is 18.3 Å². The van der Waals surface area contributed by atoms with Crippen LogP contribution in [0.15, 0.2) is 27.6 Å². The van der Waals surface area contributed by atoms with Gasteiger partial charge in [-0.3, -0.25) is 4.79 Å². The van der Waals surface area contributed by atoms with E-state index in [1.807, 2.05) is 0 Å². The van der Waals surface area contributed by atoms with Gasteiger partial charge in [-0.2, -0.15) is 0 Å². The summed E-state index contributed by atoms with van der Waals surface area (Å²) >= 11 is 4.62. The fourth-order valence-corrected chi connectivity index (χ4v) is 2.21. The summed E-state index contributed by atoms with van der Waals surface area (Å²) in [6.45, 7) is 1.74. The van der Waals surface area contributed by atoms with Crippen LogP contribution in [0.2, 0.25) is 0 Å². The quantitative estimate of drug-likeness (QED) is 0.484. The molecule has 0 atom stereocenters. The van der Waals surface area contributed by atoms with Gasteiger partial charge in [0.2, 0.25) is 0 Å². The van der Waals surface area contributed by atoms with Gasteiger partial charge in [0.15, 0.2) is 0 Å². The predicted octanol–water partition coefficient (Wildman–Crippen LogP) is 3.24. The molecule has 1 rings (SSSR count). The number of esters is 1. The average molecular weight is 293 g/mol. The van der Waals surface area contributed by atoms with Crippen molar-refractivity contribution in [3.63, 3.8) is 0 Å². The summed E-state index contributed by atoms with van der Waals surface area (Å²) in [5, 5.41) is 0. The van der Waals surface area contributed by atoms with Crippen LogP contribution in [-0.2, 0) is 9.53 Å². The largest absolute Gasteiger partial charge is 0.465 e. The fraction of sp³-hybridized carbons (Fsp3) is 0.300. The molecule has 0 aromatic heterocycles. The molecule has 0 N–H and O–H groups in total. The van der Waals surface area contributed by atoms with Crippen LogP contribution in [0, 0.1) is 5.82 Å². The summed E-state index contributed by atoms with van der Waals surface area (Å²) in [6.07, 6.45) is 0. The smallest absolute Gasteiger partial charge is 0.302 e. The van der Waals surface area contributed by atoms with E-state index in [2.05, 4.69) is 15.9 Å². The maximum Gasteiger partial charge on any atom is 0.302 e. The Hall–Kier alpha value is -0.550. The first kappa shape index (κ1) is 12.5. The average Bonchev–Trinajstić information content (AvgIpc) is 2.18. The van der Waals surface area contributed by atoms with Gasteiger partial charge in [0.05, 0.1) is 4.47 Å². The molecule has 0 aliphatic rings. The van der Waals surface area contributed by atoms with Crippen LogP contribution in [0.3, 0.4) is 0 Å². The Kier molecular flexibility index (Phi) is 5.11. The van der Waals surface area contributed by atoms with Crippen LogP contribution in [0.1, 0.15) is 6.92 Å². The van der Waals surface area contributed by atoms with Gasteiger partial charge < -0.3 is 4.74 Å². The van der Waals surface area contributed by atoms with Gasteiger partial charge in [-0.25, -0.2) is 4.39 Å². The minimum atomic E-state index is -0.282. The van der Waals surface area contributed by atoms with Crippen LogP contribution in [0.5, 0.6) is 0 Å². The molecule has 0 fully saturated rings. The number of rotatable bonds is 4. The molecule has 1 aromatic rings. The van der Waals surface area contributed by atoms with Crippen molar-refractivity contribution in [3.8, 4) is 0 Å². The monoisotopic (exact) mass is 292 g/mol. The molecule has 82 valence electrons. The number of hydrogen-bond donors (Lipinski definition) is 0. The van der Waals surface area contributed by atoms with Crippen molar-refractivity contribution < 1.29 is 13.9 Å². The Morgan fingerprint density at radius 3 is 2.93 bits per heavy atom. The van der Waals surface area contributed by atoms with Gasteiger partial charge >= 0.3 is 5.97 Å². The lowest BCUT2D eigenvalue weighted by Crippen LogP contribution is -2.02. The SMILES string of the molecule is CC(=O)OCCSc1ccc(F)c(Br)c1. The van der Waals surface area contributed by atoms with Gasteiger partial charge in [0.25, 0.3) is 0 Å². The highest BCUT2D eigenvalue weighted by Gasteiger charge is 2.01. The molecule has 2 nitrogen and oxygen atoms in total. The summed E-state index contributed by atoms with van der Waals surface area (Å²) < 4.78 is 18.1. The number of carbonyl (C=O) groups is 1. The molecule has 5 heteroatoms. The molecule has 0 spiro atoms. The Bertz CT molecular complexity index is 357. The van der Waals surface area contributed by atoms with Crippen molar-refractivity contribution in [3.05, 3.63) is 28.5 Å². The third-order valence-corrected chi connectivity index (χ3v) is 3.11. The molecule has 15 heavy (non-hydrogen) atoms. The highest BCUT2D eigenvalue weighted by Crippen LogP contribution is 2.24. The fourth-order valence-electron chi connectivity index (χ4n) is 0.912. The van der Waals surface area contributed by atoms with Crippen LogP contribution >= 0.6 is 27.7 Å². The second-order valence-electron chi connectivity index (χ2n) is 2.76. The first-order valence-electron chi connectivity index (χ1n) is 4.31. The van der Waals surface area contributed by atoms with Gasteiger partial charge in [0, 0.05) is 17.6 Å². The lowest BCUT2D eigenvalue weighted by Gasteiger charge is -2.03. The normalized spacial score (nSPS) is 10.1. The second-order valence-corrected chi connectivity index (χ2v) is 4.79. The lowest BCUT2D eigenvalue weighted by atomic mass is 10.3. The summed E-state index contributed by atoms with van der Waals surface area (Å²) in [6, 6.07) is 4.80. The van der Waals surface area contributed by atoms with Crippen LogP contribution in [0.4, 0.5) is 4.39 Å². The van der Waals surface area contributed by atoms with Crippen molar-refractivity contribution in [1.82, 2.24) is 0 Å². The number of hydrogen-bond acceptors (Lipinski definition) is 3. The van der Waals surface area contributed by atoms with Crippen LogP contribution < -0.4 is 0 Å². The summed E-state index contributed by atoms with van der Waals surface area (Å²) in [5.41, 5.74) is 0. The van der Waals surface area contributed by atoms with Crippen molar-refractivity contribution in [2.24, 2.45) is 0 Å². The van der Waals surface area contributed by atoms with Crippen molar-refractivity contribution in [2.45, 2.75) is 11.8 Å². The van der Waals surface area contributed by atoms with Gasteiger partial charge in [0.1, 0.15) is 12.4 Å². The maximum absolute atomic E-state index is 12.9. The number of benzene rings is 1. The molecular weight excluding hydrogens is 283 g/mol. The van der Waals surface area contributed by atoms with E-state index in [4.69, 9.17) is 4.74 Å². The zero-order chi connectivity index (χ0) is 11.3. The van der Waals surface area contributed by atoms with E-state index in [9.17, 15) is 9.18 Å². The molecule has 0 heterocycles. The number of thioether (sulfide) groups is 1. The van der Waals surface area contributed by atoms with Gasteiger partial charge in [-0.05, 0) is 34.1 Å². The Morgan fingerprint density at radius 1 is 1.60 bits per heavy atom. The van der Waals surface area contributed by atoms with E-state index >= 15 is 0 Å². The van der Waals surface area contributed by atoms with Crippen molar-refractivity contribution in [2.75, 3.05) is 12.4 Å². The molecular formula is C10H10BrFO2S. The highest BCUT2D eigenvalue weighted by molar-refractivity contribution is 9.10. The van der Waals surface area contributed by atoms with Gasteiger partial charge in [-0.1, -0.05) is 0 Å². The standard InChI is InChI=1S/C10H10BrFO2S/c1-7(13)14-4-5-15-8-2-3-10(12)9(11)6-8/h2-3,6H,4-5H2,1H3. The van der Waals surface area contributed by atoms with E-state index in [-0.39, 0.29) is 11.8 Å². The molecule has 0 amide bonds. The van der Waals surface area contributed by atoms with Crippen LogP contribution in [0.25, 0.3) is 0 Å². The van der Waals surface area contributed by atoms with Crippen molar-refractivity contribution >= 4 is 33.7 Å². The maximum atomic E-state index is 12.9. The topological polar surface area (TPSA) is 26.3 Å². The zero-order valence-corrected chi connectivity index (χ0v) is 10.5. The Morgan fingerprint density at radius 2 is 2.33 bits per heavy atom. The Labute approximate surface area is 100 Å². The third kappa shape index (κ3) is 4.66. The molecule has 0 bridgehead atoms. The minimum Gasteiger partial charge on any atom is -0.465 e. The molecule has 0 unspecified atom stereocenters. The molecule has 0 saturated heterocycles. The molecule has 1 aromatic carbocycles. The first-order valence-corrected chi connectivity index (χ1v) is 6.08. The second kappa shape index (κ2) is 6.12. The molecule has 0 aliphatic carbocycles. The predicted molar refractivity (Wildman–Crippen MR) is 61.5 cm³/mol. The van der Waals surface area contributed by atoms with E-state index < -0.39 is 0 Å².